The van der Waals surface area contributed by atoms with Crippen molar-refractivity contribution >= 4 is 17.8 Å². The Morgan fingerprint density at radius 3 is 1.63 bits per heavy atom. The molecule has 2 aromatic rings. The van der Waals surface area contributed by atoms with Crippen LogP contribution in [0.25, 0.3) is 0 Å². The Kier molecular flexibility index (Phi) is 3.30. The van der Waals surface area contributed by atoms with E-state index >= 15 is 0 Å². The monoisotopic (exact) mass is 272 g/mol. The van der Waals surface area contributed by atoms with Gasteiger partial charge in [0.15, 0.2) is 0 Å². The average Bonchev–Trinajstić information content (AvgIpc) is 2.47. The van der Waals surface area contributed by atoms with Crippen LogP contribution in [0.3, 0.4) is 0 Å². The van der Waals surface area contributed by atoms with Crippen molar-refractivity contribution in [2.24, 2.45) is 0 Å². The molecule has 0 amide bonds. The molecule has 2 atom stereocenters. The van der Waals surface area contributed by atoms with Gasteiger partial charge in [-0.25, -0.2) is 0 Å². The van der Waals surface area contributed by atoms with Gasteiger partial charge in [0, 0.05) is 16.3 Å². The summed E-state index contributed by atoms with van der Waals surface area (Å²) < 4.78 is 13.6. The minimum absolute atomic E-state index is 0.127. The number of aliphatic hydroxyl groups is 1. The van der Waals surface area contributed by atoms with Gasteiger partial charge in [-0.2, -0.15) is 0 Å². The summed E-state index contributed by atoms with van der Waals surface area (Å²) in [5.41, 5.74) is -0.127. The molecular weight excluding hydrogens is 255 g/mol. The lowest BCUT2D eigenvalue weighted by Crippen LogP contribution is -2.42. The maximum Gasteiger partial charge on any atom is 0.148 e. The van der Waals surface area contributed by atoms with Gasteiger partial charge in [-0.05, 0) is 12.8 Å². The van der Waals surface area contributed by atoms with Crippen LogP contribution in [0.15, 0.2) is 60.7 Å². The fourth-order valence-corrected chi connectivity index (χ4v) is 6.16. The van der Waals surface area contributed by atoms with E-state index < -0.39 is 13.2 Å². The van der Waals surface area contributed by atoms with Crippen molar-refractivity contribution in [1.29, 1.82) is 0 Å². The molecule has 0 bridgehead atoms. The summed E-state index contributed by atoms with van der Waals surface area (Å²) in [5.74, 6) is 0. The fourth-order valence-electron chi connectivity index (χ4n) is 2.72. The van der Waals surface area contributed by atoms with E-state index in [2.05, 4.69) is 0 Å². The van der Waals surface area contributed by atoms with Crippen LogP contribution in [-0.2, 0) is 4.57 Å². The summed E-state index contributed by atoms with van der Waals surface area (Å²) in [4.78, 5) is 0. The molecule has 0 saturated heterocycles. The van der Waals surface area contributed by atoms with Gasteiger partial charge in [0.05, 0.1) is 6.10 Å². The molecule has 0 radical (unpaired) electrons. The topological polar surface area (TPSA) is 37.3 Å². The molecule has 1 aliphatic carbocycles. The third kappa shape index (κ3) is 2.05. The van der Waals surface area contributed by atoms with Crippen molar-refractivity contribution in [3.05, 3.63) is 60.7 Å². The largest absolute Gasteiger partial charge is 0.392 e. The normalized spacial score (nSPS) is 22.8. The molecule has 98 valence electrons. The van der Waals surface area contributed by atoms with Gasteiger partial charge in [-0.15, -0.1) is 0 Å². The number of rotatable bonds is 3. The second-order valence-electron chi connectivity index (χ2n) is 5.04. The lowest BCUT2D eigenvalue weighted by atomic mass is 9.96. The van der Waals surface area contributed by atoms with Crippen molar-refractivity contribution in [2.75, 3.05) is 0 Å². The number of aliphatic hydroxyl groups excluding tert-OH is 1. The first-order chi connectivity index (χ1) is 9.23. The smallest absolute Gasteiger partial charge is 0.148 e. The van der Waals surface area contributed by atoms with E-state index in [0.29, 0.717) is 0 Å². The molecule has 1 aliphatic rings. The molecule has 0 aromatic heterocycles. The summed E-state index contributed by atoms with van der Waals surface area (Å²) in [6, 6.07) is 19.2. The van der Waals surface area contributed by atoms with Crippen molar-refractivity contribution in [1.82, 2.24) is 0 Å². The highest BCUT2D eigenvalue weighted by molar-refractivity contribution is 7.79. The molecule has 2 aromatic carbocycles. The Balaban J connectivity index is 2.14. The highest BCUT2D eigenvalue weighted by Crippen LogP contribution is 2.55. The number of hydrogen-bond donors (Lipinski definition) is 1. The van der Waals surface area contributed by atoms with Gasteiger partial charge < -0.3 is 9.67 Å². The molecule has 0 spiro atoms. The summed E-state index contributed by atoms with van der Waals surface area (Å²) in [6.45, 7) is 0. The van der Waals surface area contributed by atoms with E-state index in [1.54, 1.807) is 0 Å². The van der Waals surface area contributed by atoms with Crippen LogP contribution in [-0.4, -0.2) is 16.9 Å². The van der Waals surface area contributed by atoms with E-state index in [1.807, 2.05) is 60.7 Å². The summed E-state index contributed by atoms with van der Waals surface area (Å²) in [5, 5.41) is 11.7. The molecule has 1 saturated carbocycles. The van der Waals surface area contributed by atoms with Crippen molar-refractivity contribution in [3.8, 4) is 0 Å². The predicted molar refractivity (Wildman–Crippen MR) is 78.8 cm³/mol. The second kappa shape index (κ2) is 4.96. The van der Waals surface area contributed by atoms with Gasteiger partial charge in [-0.3, -0.25) is 0 Å². The predicted octanol–water partition coefficient (Wildman–Crippen LogP) is 2.52. The molecular formula is C16H17O2P. The van der Waals surface area contributed by atoms with Gasteiger partial charge in [0.25, 0.3) is 0 Å². The maximum absolute atomic E-state index is 13.6. The van der Waals surface area contributed by atoms with Gasteiger partial charge in [0.1, 0.15) is 7.14 Å². The van der Waals surface area contributed by atoms with Gasteiger partial charge in [0.2, 0.25) is 0 Å². The van der Waals surface area contributed by atoms with Crippen molar-refractivity contribution < 1.29 is 9.67 Å². The lowest BCUT2D eigenvalue weighted by molar-refractivity contribution is 0.0993. The van der Waals surface area contributed by atoms with E-state index in [1.165, 1.54) is 0 Å². The molecule has 2 unspecified atom stereocenters. The average molecular weight is 272 g/mol. The maximum atomic E-state index is 13.6. The number of benzene rings is 2. The third-order valence-corrected chi connectivity index (χ3v) is 7.62. The summed E-state index contributed by atoms with van der Waals surface area (Å²) in [7, 11) is -2.73. The van der Waals surface area contributed by atoms with E-state index in [4.69, 9.17) is 0 Å². The van der Waals surface area contributed by atoms with Crippen LogP contribution in [0.2, 0.25) is 0 Å². The highest BCUT2D eigenvalue weighted by Gasteiger charge is 2.45. The minimum atomic E-state index is -2.73. The minimum Gasteiger partial charge on any atom is -0.392 e. The van der Waals surface area contributed by atoms with Crippen LogP contribution >= 0.6 is 7.14 Å². The Bertz CT molecular complexity index is 551. The Labute approximate surface area is 113 Å². The Morgan fingerprint density at radius 2 is 1.32 bits per heavy atom. The van der Waals surface area contributed by atoms with E-state index in [0.717, 1.165) is 23.5 Å². The van der Waals surface area contributed by atoms with Crippen LogP contribution in [0.4, 0.5) is 0 Å². The zero-order valence-electron chi connectivity index (χ0n) is 10.6. The highest BCUT2D eigenvalue weighted by atomic mass is 31.2. The molecule has 1 N–H and O–H groups in total. The number of hydrogen-bond acceptors (Lipinski definition) is 2. The van der Waals surface area contributed by atoms with Crippen LogP contribution in [0.5, 0.6) is 0 Å². The first-order valence-corrected chi connectivity index (χ1v) is 8.39. The summed E-state index contributed by atoms with van der Waals surface area (Å²) in [6.07, 6.45) is 1.16. The quantitative estimate of drug-likeness (QED) is 0.872. The molecule has 0 heterocycles. The first kappa shape index (κ1) is 12.7. The standard InChI is InChI=1S/C16H17O2P/c17-15-11-12-16(15)19(18,13-7-3-1-4-8-13)14-9-5-2-6-10-14/h1-10,15-17H,11-12H2. The van der Waals surface area contributed by atoms with E-state index in [9.17, 15) is 9.67 Å². The van der Waals surface area contributed by atoms with Crippen molar-refractivity contribution in [3.63, 3.8) is 0 Å². The summed E-state index contributed by atoms with van der Waals surface area (Å²) >= 11 is 0. The van der Waals surface area contributed by atoms with Crippen LogP contribution < -0.4 is 10.6 Å². The van der Waals surface area contributed by atoms with Crippen LogP contribution in [0, 0.1) is 0 Å². The molecule has 1 fully saturated rings. The SMILES string of the molecule is O=P(c1ccccc1)(c1ccccc1)C1CCC1O. The molecule has 3 rings (SSSR count). The molecule has 19 heavy (non-hydrogen) atoms. The molecule has 3 heteroatoms. The fraction of sp³-hybridized carbons (Fsp3) is 0.250. The Hall–Kier alpha value is -1.37. The van der Waals surface area contributed by atoms with Crippen molar-refractivity contribution in [2.45, 2.75) is 24.6 Å². The van der Waals surface area contributed by atoms with Gasteiger partial charge >= 0.3 is 0 Å². The van der Waals surface area contributed by atoms with Crippen LogP contribution in [0.1, 0.15) is 12.8 Å². The van der Waals surface area contributed by atoms with Gasteiger partial charge in [-0.1, -0.05) is 60.7 Å². The zero-order chi connectivity index (χ0) is 13.3. The third-order valence-electron chi connectivity index (χ3n) is 3.95. The van der Waals surface area contributed by atoms with E-state index in [-0.39, 0.29) is 5.66 Å². The second-order valence-corrected chi connectivity index (χ2v) is 8.05. The zero-order valence-corrected chi connectivity index (χ0v) is 11.5. The lowest BCUT2D eigenvalue weighted by Gasteiger charge is -2.39. The first-order valence-electron chi connectivity index (χ1n) is 6.62. The molecule has 2 nitrogen and oxygen atoms in total. The molecule has 0 aliphatic heterocycles. The Morgan fingerprint density at radius 1 is 0.842 bits per heavy atom.